The molecule has 1 aliphatic heterocycles. The summed E-state index contributed by atoms with van der Waals surface area (Å²) in [5.74, 6) is 0.800. The van der Waals surface area contributed by atoms with E-state index in [9.17, 15) is 9.59 Å². The van der Waals surface area contributed by atoms with E-state index < -0.39 is 5.91 Å². The fourth-order valence-electron chi connectivity index (χ4n) is 5.08. The van der Waals surface area contributed by atoms with Crippen molar-refractivity contribution in [1.82, 2.24) is 19.4 Å². The number of hydrogen-bond acceptors (Lipinski definition) is 8. The number of anilines is 2. The highest BCUT2D eigenvalue weighted by Crippen LogP contribution is 2.36. The molecule has 0 atom stereocenters. The number of carbonyl (C=O) groups excluding carboxylic acids is 2. The van der Waals surface area contributed by atoms with Gasteiger partial charge < -0.3 is 34.9 Å². The molecule has 1 saturated heterocycles. The summed E-state index contributed by atoms with van der Waals surface area (Å²) in [6.45, 7) is 9.62. The lowest BCUT2D eigenvalue weighted by Gasteiger charge is -2.32. The summed E-state index contributed by atoms with van der Waals surface area (Å²) in [5.41, 5.74) is 7.89. The summed E-state index contributed by atoms with van der Waals surface area (Å²) in [7, 11) is 5.35. The maximum Gasteiger partial charge on any atom is 0.272 e. The van der Waals surface area contributed by atoms with Crippen molar-refractivity contribution < 1.29 is 19.1 Å². The lowest BCUT2D eigenvalue weighted by molar-refractivity contribution is 0.0991. The number of para-hydroxylation sites is 1. The number of ether oxygens (including phenoxy) is 2. The minimum Gasteiger partial charge on any atom is -0.494 e. The molecular formula is C31H37N7O4. The van der Waals surface area contributed by atoms with E-state index in [1.165, 1.54) is 7.11 Å². The summed E-state index contributed by atoms with van der Waals surface area (Å²) in [5, 5.41) is 3.76. The molecule has 3 heterocycles. The first kappa shape index (κ1) is 28.9. The van der Waals surface area contributed by atoms with E-state index in [2.05, 4.69) is 32.1 Å². The van der Waals surface area contributed by atoms with Gasteiger partial charge in [-0.05, 0) is 42.3 Å². The Kier molecular flexibility index (Phi) is 7.79. The van der Waals surface area contributed by atoms with Gasteiger partial charge in [-0.25, -0.2) is 4.98 Å². The number of benzene rings is 2. The molecule has 0 spiro atoms. The maximum absolute atomic E-state index is 13.7. The van der Waals surface area contributed by atoms with Crippen LogP contribution in [0, 0.1) is 0 Å². The molecule has 0 radical (unpaired) electrons. The number of nitrogens with one attached hydrogen (secondary N) is 1. The van der Waals surface area contributed by atoms with Crippen molar-refractivity contribution in [2.75, 3.05) is 50.6 Å². The Morgan fingerprint density at radius 1 is 1.02 bits per heavy atom. The van der Waals surface area contributed by atoms with E-state index in [-0.39, 0.29) is 22.6 Å². The van der Waals surface area contributed by atoms with Crippen molar-refractivity contribution in [3.63, 3.8) is 0 Å². The van der Waals surface area contributed by atoms with Crippen molar-refractivity contribution in [3.05, 3.63) is 65.5 Å². The van der Waals surface area contributed by atoms with Crippen LogP contribution in [0.3, 0.4) is 0 Å². The zero-order valence-electron chi connectivity index (χ0n) is 24.9. The second-order valence-electron chi connectivity index (χ2n) is 11.5. The number of rotatable bonds is 7. The van der Waals surface area contributed by atoms with Crippen LogP contribution in [0.4, 0.5) is 11.6 Å². The zero-order chi connectivity index (χ0) is 30.2. The van der Waals surface area contributed by atoms with Gasteiger partial charge in [-0.3, -0.25) is 9.59 Å². The smallest absolute Gasteiger partial charge is 0.272 e. The van der Waals surface area contributed by atoms with Gasteiger partial charge in [-0.1, -0.05) is 32.9 Å². The molecular weight excluding hydrogens is 534 g/mol. The van der Waals surface area contributed by atoms with Crippen LogP contribution in [0.5, 0.6) is 17.4 Å². The number of hydrogen-bond donors (Lipinski definition) is 2. The molecule has 11 nitrogen and oxygen atoms in total. The predicted molar refractivity (Wildman–Crippen MR) is 163 cm³/mol. The number of aryl methyl sites for hydroxylation is 1. The fourth-order valence-corrected chi connectivity index (χ4v) is 5.08. The normalized spacial score (nSPS) is 14.2. The van der Waals surface area contributed by atoms with E-state index in [1.807, 2.05) is 45.0 Å². The molecule has 3 N–H and O–H groups in total. The number of nitrogens with two attached hydrogens (primary N) is 1. The van der Waals surface area contributed by atoms with Crippen LogP contribution < -0.4 is 25.4 Å². The first-order valence-corrected chi connectivity index (χ1v) is 13.8. The highest BCUT2D eigenvalue weighted by molar-refractivity contribution is 6.09. The number of methoxy groups -OCH3 is 1. The van der Waals surface area contributed by atoms with Gasteiger partial charge in [0.2, 0.25) is 11.8 Å². The Hall–Kier alpha value is -4.64. The van der Waals surface area contributed by atoms with Crippen LogP contribution in [0.25, 0.3) is 10.9 Å². The fraction of sp³-hybridized carbons (Fsp3) is 0.355. The van der Waals surface area contributed by atoms with E-state index in [1.54, 1.807) is 36.0 Å². The Labute approximate surface area is 245 Å². The summed E-state index contributed by atoms with van der Waals surface area (Å²) >= 11 is 0. The SMILES string of the molecule is COc1c(NC(=O)c2cc3cccc(Oc4ccnc(N5CCN(C)CC5)n4)c3n2C)cc(C(C)(C)C)cc1C(N)=O. The molecule has 0 aliphatic carbocycles. The highest BCUT2D eigenvalue weighted by Gasteiger charge is 2.25. The largest absolute Gasteiger partial charge is 0.494 e. The molecule has 1 fully saturated rings. The van der Waals surface area contributed by atoms with Crippen LogP contribution in [0.1, 0.15) is 47.2 Å². The highest BCUT2D eigenvalue weighted by atomic mass is 16.5. The Morgan fingerprint density at radius 3 is 2.43 bits per heavy atom. The molecule has 0 bridgehead atoms. The van der Waals surface area contributed by atoms with Crippen molar-refractivity contribution in [2.45, 2.75) is 26.2 Å². The first-order chi connectivity index (χ1) is 20.0. The second-order valence-corrected chi connectivity index (χ2v) is 11.5. The number of nitrogens with zero attached hydrogens (tertiary/aromatic N) is 5. The molecule has 0 saturated carbocycles. The number of carbonyl (C=O) groups is 2. The minimum atomic E-state index is -0.639. The van der Waals surface area contributed by atoms with E-state index >= 15 is 0 Å². The predicted octanol–water partition coefficient (Wildman–Crippen LogP) is 4.17. The Balaban J connectivity index is 1.46. The van der Waals surface area contributed by atoms with Gasteiger partial charge in [0.05, 0.1) is 23.9 Å². The number of amides is 2. The van der Waals surface area contributed by atoms with Crippen LogP contribution >= 0.6 is 0 Å². The third-order valence-electron chi connectivity index (χ3n) is 7.54. The molecule has 0 unspecified atom stereocenters. The molecule has 4 aromatic rings. The number of likely N-dealkylation sites (N-methyl/N-ethyl adjacent to an activating group) is 1. The van der Waals surface area contributed by atoms with E-state index in [4.69, 9.17) is 15.2 Å². The Morgan fingerprint density at radius 2 is 1.76 bits per heavy atom. The zero-order valence-corrected chi connectivity index (χ0v) is 24.9. The molecule has 2 aromatic carbocycles. The molecule has 5 rings (SSSR count). The van der Waals surface area contributed by atoms with Crippen molar-refractivity contribution >= 4 is 34.4 Å². The summed E-state index contributed by atoms with van der Waals surface area (Å²) in [4.78, 5) is 39.4. The third kappa shape index (κ3) is 5.73. The van der Waals surface area contributed by atoms with Gasteiger partial charge in [0, 0.05) is 50.9 Å². The van der Waals surface area contributed by atoms with Gasteiger partial charge in [0.1, 0.15) is 5.69 Å². The molecule has 2 amide bonds. The van der Waals surface area contributed by atoms with Gasteiger partial charge in [-0.15, -0.1) is 0 Å². The van der Waals surface area contributed by atoms with Gasteiger partial charge in [0.15, 0.2) is 11.5 Å². The molecule has 2 aromatic heterocycles. The van der Waals surface area contributed by atoms with Gasteiger partial charge in [-0.2, -0.15) is 4.98 Å². The van der Waals surface area contributed by atoms with E-state index in [0.29, 0.717) is 29.0 Å². The molecule has 220 valence electrons. The molecule has 1 aliphatic rings. The van der Waals surface area contributed by atoms with Crippen molar-refractivity contribution in [1.29, 1.82) is 0 Å². The second kappa shape index (κ2) is 11.3. The topological polar surface area (TPSA) is 128 Å². The number of aromatic nitrogens is 3. The summed E-state index contributed by atoms with van der Waals surface area (Å²) in [6.07, 6.45) is 1.69. The first-order valence-electron chi connectivity index (χ1n) is 13.8. The number of fused-ring (bicyclic) bond motifs is 1. The average Bonchev–Trinajstić information content (AvgIpc) is 3.30. The molecule has 42 heavy (non-hydrogen) atoms. The lowest BCUT2D eigenvalue weighted by atomic mass is 9.85. The van der Waals surface area contributed by atoms with Gasteiger partial charge in [0.25, 0.3) is 11.8 Å². The third-order valence-corrected chi connectivity index (χ3v) is 7.54. The maximum atomic E-state index is 13.7. The quantitative estimate of drug-likeness (QED) is 0.338. The van der Waals surface area contributed by atoms with Crippen LogP contribution in [0.2, 0.25) is 0 Å². The number of piperazine rings is 1. The van der Waals surface area contributed by atoms with Crippen LogP contribution in [-0.2, 0) is 12.5 Å². The van der Waals surface area contributed by atoms with Crippen molar-refractivity contribution in [2.24, 2.45) is 12.8 Å². The van der Waals surface area contributed by atoms with E-state index in [0.717, 1.165) is 42.6 Å². The summed E-state index contributed by atoms with van der Waals surface area (Å²) in [6, 6.07) is 12.7. The average molecular weight is 572 g/mol. The Bertz CT molecular complexity index is 1650. The van der Waals surface area contributed by atoms with Crippen LogP contribution in [0.15, 0.2) is 48.7 Å². The summed E-state index contributed by atoms with van der Waals surface area (Å²) < 4.78 is 13.5. The number of primary amides is 1. The van der Waals surface area contributed by atoms with Gasteiger partial charge >= 0.3 is 0 Å². The minimum absolute atomic E-state index is 0.203. The monoisotopic (exact) mass is 571 g/mol. The lowest BCUT2D eigenvalue weighted by Crippen LogP contribution is -2.45. The van der Waals surface area contributed by atoms with Crippen molar-refractivity contribution in [3.8, 4) is 17.4 Å². The molecule has 11 heteroatoms. The standard InChI is InChI=1S/C31H37N7O4/c1-31(2,3)20-17-21(28(32)39)27(41-6)22(18-20)34-29(40)23-16-19-8-7-9-24(26(19)37(23)5)42-25-10-11-33-30(35-25)38-14-12-36(4)13-15-38/h7-11,16-18H,12-15H2,1-6H3,(H2,32,39)(H,34,40). The van der Waals surface area contributed by atoms with Crippen LogP contribution in [-0.4, -0.2) is 71.6 Å².